The first-order valence-corrected chi connectivity index (χ1v) is 8.41. The summed E-state index contributed by atoms with van der Waals surface area (Å²) in [5.41, 5.74) is 1.47. The molecule has 0 radical (unpaired) electrons. The van der Waals surface area contributed by atoms with Crippen molar-refractivity contribution >= 4 is 27.3 Å². The second-order valence-corrected chi connectivity index (χ2v) is 6.67. The average Bonchev–Trinajstić information content (AvgIpc) is 2.52. The highest BCUT2D eigenvalue weighted by atomic mass is 35.5. The number of benzene rings is 2. The van der Waals surface area contributed by atoms with Crippen LogP contribution < -0.4 is 15.2 Å². The molecule has 6 nitrogen and oxygen atoms in total. The molecule has 0 heterocycles. The van der Waals surface area contributed by atoms with Crippen LogP contribution in [0.3, 0.4) is 0 Å². The number of nitrogens with one attached hydrogen (secondary N) is 1. The zero-order valence-corrected chi connectivity index (χ0v) is 13.8. The van der Waals surface area contributed by atoms with Gasteiger partial charge in [0.25, 0.3) is 0 Å². The van der Waals surface area contributed by atoms with Gasteiger partial charge in [-0.1, -0.05) is 11.6 Å². The summed E-state index contributed by atoms with van der Waals surface area (Å²) >= 11 is 5.97. The van der Waals surface area contributed by atoms with Gasteiger partial charge < -0.3 is 10.1 Å². The Bertz CT molecular complexity index is 876. The summed E-state index contributed by atoms with van der Waals surface area (Å²) in [5.74, 6) is 0.654. The lowest BCUT2D eigenvalue weighted by Gasteiger charge is -2.12. The number of sulfonamides is 1. The van der Waals surface area contributed by atoms with E-state index in [2.05, 4.69) is 5.32 Å². The van der Waals surface area contributed by atoms with E-state index in [4.69, 9.17) is 21.5 Å². The minimum absolute atomic E-state index is 0.111. The summed E-state index contributed by atoms with van der Waals surface area (Å²) in [5, 5.41) is 17.9. The van der Waals surface area contributed by atoms with Crippen LogP contribution in [0.4, 0.5) is 5.69 Å². The van der Waals surface area contributed by atoms with E-state index in [9.17, 15) is 13.7 Å². The number of halogens is 1. The number of hydrogen-bond donors (Lipinski definition) is 2. The Labute approximate surface area is 139 Å². The van der Waals surface area contributed by atoms with Crippen LogP contribution in [0.1, 0.15) is 11.1 Å². The molecule has 2 aromatic carbocycles. The molecular formula is C15H14ClN3O3S. The van der Waals surface area contributed by atoms with Crippen LogP contribution in [0, 0.1) is 11.3 Å². The zero-order valence-electron chi connectivity index (χ0n) is 12.2. The number of nitrogens with zero attached hydrogens (tertiary/aromatic N) is 1. The molecule has 0 saturated heterocycles. The topological polar surface area (TPSA) is 105 Å². The summed E-state index contributed by atoms with van der Waals surface area (Å²) < 4.78 is 27.9. The standard InChI is InChI=1S/C15H14ClN3O3S/c1-22-15-5-2-12(16)6-11(15)9-19-14-4-3-13(23(18,20)21)7-10(14)8-17/h2-7,19H,9H2,1H3,(H2,18,20,21). The fourth-order valence-corrected chi connectivity index (χ4v) is 2.76. The van der Waals surface area contributed by atoms with E-state index in [1.165, 1.54) is 18.2 Å². The molecule has 0 atom stereocenters. The van der Waals surface area contributed by atoms with Gasteiger partial charge in [-0.05, 0) is 36.4 Å². The molecule has 0 aliphatic carbocycles. The lowest BCUT2D eigenvalue weighted by Crippen LogP contribution is -2.12. The molecule has 3 N–H and O–H groups in total. The minimum Gasteiger partial charge on any atom is -0.496 e. The molecule has 2 rings (SSSR count). The summed E-state index contributed by atoms with van der Waals surface area (Å²) in [6, 6.07) is 11.2. The lowest BCUT2D eigenvalue weighted by atomic mass is 10.1. The van der Waals surface area contributed by atoms with Crippen molar-refractivity contribution in [2.24, 2.45) is 5.14 Å². The fourth-order valence-electron chi connectivity index (χ4n) is 2.02. The third-order valence-corrected chi connectivity index (χ3v) is 4.30. The van der Waals surface area contributed by atoms with Gasteiger partial charge in [-0.25, -0.2) is 13.6 Å². The molecule has 0 fully saturated rings. The van der Waals surface area contributed by atoms with Crippen LogP contribution in [0.25, 0.3) is 0 Å². The maximum atomic E-state index is 11.3. The number of anilines is 1. The molecule has 0 spiro atoms. The smallest absolute Gasteiger partial charge is 0.238 e. The Balaban J connectivity index is 2.28. The third kappa shape index (κ3) is 4.13. The van der Waals surface area contributed by atoms with E-state index in [0.717, 1.165) is 5.56 Å². The Kier molecular flexibility index (Phi) is 5.11. The molecule has 23 heavy (non-hydrogen) atoms. The van der Waals surface area contributed by atoms with Crippen molar-refractivity contribution in [3.63, 3.8) is 0 Å². The van der Waals surface area contributed by atoms with Crippen LogP contribution in [0.5, 0.6) is 5.75 Å². The van der Waals surface area contributed by atoms with Crippen molar-refractivity contribution < 1.29 is 13.2 Å². The van der Waals surface area contributed by atoms with Crippen molar-refractivity contribution in [3.05, 3.63) is 52.5 Å². The zero-order chi connectivity index (χ0) is 17.0. The van der Waals surface area contributed by atoms with Gasteiger partial charge in [0, 0.05) is 17.1 Å². The van der Waals surface area contributed by atoms with Crippen molar-refractivity contribution in [1.82, 2.24) is 0 Å². The molecule has 2 aromatic rings. The van der Waals surface area contributed by atoms with Gasteiger partial charge in [-0.15, -0.1) is 0 Å². The normalized spacial score (nSPS) is 10.9. The Morgan fingerprint density at radius 2 is 2.04 bits per heavy atom. The van der Waals surface area contributed by atoms with Gasteiger partial charge in [-0.3, -0.25) is 0 Å². The molecule has 0 unspecified atom stereocenters. The number of ether oxygens (including phenoxy) is 1. The predicted octanol–water partition coefficient (Wildman–Crippen LogP) is 2.48. The molecule has 0 saturated carbocycles. The van der Waals surface area contributed by atoms with E-state index >= 15 is 0 Å². The van der Waals surface area contributed by atoms with Gasteiger partial charge >= 0.3 is 0 Å². The van der Waals surface area contributed by atoms with E-state index < -0.39 is 10.0 Å². The fraction of sp³-hybridized carbons (Fsp3) is 0.133. The van der Waals surface area contributed by atoms with Crippen LogP contribution >= 0.6 is 11.6 Å². The summed E-state index contributed by atoms with van der Waals surface area (Å²) in [7, 11) is -2.30. The number of nitriles is 1. The first-order valence-electron chi connectivity index (χ1n) is 6.48. The van der Waals surface area contributed by atoms with Gasteiger partial charge in [0.15, 0.2) is 0 Å². The number of hydrogen-bond acceptors (Lipinski definition) is 5. The van der Waals surface area contributed by atoms with Crippen molar-refractivity contribution in [2.45, 2.75) is 11.4 Å². The van der Waals surface area contributed by atoms with Gasteiger partial charge in [0.05, 0.1) is 23.3 Å². The molecule has 120 valence electrons. The van der Waals surface area contributed by atoms with Crippen molar-refractivity contribution in [1.29, 1.82) is 5.26 Å². The van der Waals surface area contributed by atoms with Crippen LogP contribution in [-0.4, -0.2) is 15.5 Å². The molecule has 0 amide bonds. The summed E-state index contributed by atoms with van der Waals surface area (Å²) in [4.78, 5) is -0.111. The average molecular weight is 352 g/mol. The second-order valence-electron chi connectivity index (χ2n) is 4.67. The van der Waals surface area contributed by atoms with Gasteiger partial charge in [0.1, 0.15) is 11.8 Å². The predicted molar refractivity (Wildman–Crippen MR) is 87.9 cm³/mol. The van der Waals surface area contributed by atoms with E-state index in [0.29, 0.717) is 23.0 Å². The van der Waals surface area contributed by atoms with E-state index in [1.54, 1.807) is 25.3 Å². The summed E-state index contributed by atoms with van der Waals surface area (Å²) in [6.45, 7) is 0.354. The quantitative estimate of drug-likeness (QED) is 0.860. The van der Waals surface area contributed by atoms with Crippen LogP contribution in [-0.2, 0) is 16.6 Å². The first kappa shape index (κ1) is 17.1. The maximum absolute atomic E-state index is 11.3. The highest BCUT2D eigenvalue weighted by Gasteiger charge is 2.12. The second kappa shape index (κ2) is 6.87. The number of primary sulfonamides is 1. The molecule has 8 heteroatoms. The van der Waals surface area contributed by atoms with Gasteiger partial charge in [0.2, 0.25) is 10.0 Å². The molecule has 0 aliphatic heterocycles. The van der Waals surface area contributed by atoms with Crippen molar-refractivity contribution in [2.75, 3.05) is 12.4 Å². The minimum atomic E-state index is -3.85. The largest absolute Gasteiger partial charge is 0.496 e. The molecule has 0 aliphatic rings. The van der Waals surface area contributed by atoms with Crippen LogP contribution in [0.15, 0.2) is 41.3 Å². The monoisotopic (exact) mass is 351 g/mol. The third-order valence-electron chi connectivity index (χ3n) is 3.15. The highest BCUT2D eigenvalue weighted by molar-refractivity contribution is 7.89. The van der Waals surface area contributed by atoms with E-state index in [1.807, 2.05) is 6.07 Å². The summed E-state index contributed by atoms with van der Waals surface area (Å²) in [6.07, 6.45) is 0. The number of methoxy groups -OCH3 is 1. The first-order chi connectivity index (χ1) is 10.8. The number of nitrogens with two attached hydrogens (primary N) is 1. The molecule has 0 aromatic heterocycles. The Morgan fingerprint density at radius 1 is 1.30 bits per heavy atom. The van der Waals surface area contributed by atoms with Crippen LogP contribution in [0.2, 0.25) is 5.02 Å². The Hall–Kier alpha value is -2.27. The molecular weight excluding hydrogens is 338 g/mol. The number of rotatable bonds is 5. The Morgan fingerprint density at radius 3 is 2.65 bits per heavy atom. The highest BCUT2D eigenvalue weighted by Crippen LogP contribution is 2.25. The van der Waals surface area contributed by atoms with Crippen molar-refractivity contribution in [3.8, 4) is 11.8 Å². The lowest BCUT2D eigenvalue weighted by molar-refractivity contribution is 0.410. The SMILES string of the molecule is COc1ccc(Cl)cc1CNc1ccc(S(N)(=O)=O)cc1C#N. The van der Waals surface area contributed by atoms with E-state index in [-0.39, 0.29) is 10.5 Å². The molecule has 0 bridgehead atoms. The van der Waals surface area contributed by atoms with Gasteiger partial charge in [-0.2, -0.15) is 5.26 Å². The maximum Gasteiger partial charge on any atom is 0.238 e.